The molecule has 1 unspecified atom stereocenters. The lowest BCUT2D eigenvalue weighted by Gasteiger charge is -2.12. The molecule has 6 heteroatoms. The van der Waals surface area contributed by atoms with E-state index in [2.05, 4.69) is 10.3 Å². The molecule has 1 amide bonds. The van der Waals surface area contributed by atoms with Crippen molar-refractivity contribution in [1.82, 2.24) is 10.3 Å². The number of hydrogen-bond acceptors (Lipinski definition) is 4. The second-order valence-electron chi connectivity index (χ2n) is 4.56. The first-order chi connectivity index (χ1) is 10.1. The highest BCUT2D eigenvalue weighted by atomic mass is 32.1. The Morgan fingerprint density at radius 3 is 2.67 bits per heavy atom. The van der Waals surface area contributed by atoms with E-state index in [-0.39, 0.29) is 5.69 Å². The summed E-state index contributed by atoms with van der Waals surface area (Å²) in [5.41, 5.74) is 1.19. The monoisotopic (exact) mass is 304 g/mol. The van der Waals surface area contributed by atoms with Crippen LogP contribution < -0.4 is 5.32 Å². The average Bonchev–Trinajstić information content (AvgIpc) is 2.97. The van der Waals surface area contributed by atoms with Crippen LogP contribution in [0.4, 0.5) is 0 Å². The van der Waals surface area contributed by atoms with Crippen LogP contribution in [0.2, 0.25) is 0 Å². The molecule has 1 aromatic carbocycles. The minimum atomic E-state index is -1.02. The van der Waals surface area contributed by atoms with Crippen LogP contribution in [0.3, 0.4) is 0 Å². The average molecular weight is 304 g/mol. The molecular weight excluding hydrogens is 288 g/mol. The van der Waals surface area contributed by atoms with Crippen LogP contribution >= 0.6 is 11.3 Å². The van der Waals surface area contributed by atoms with Crippen molar-refractivity contribution in [2.24, 2.45) is 0 Å². The van der Waals surface area contributed by atoms with Gasteiger partial charge in [0.2, 0.25) is 0 Å². The molecule has 0 spiro atoms. The number of thiazole rings is 1. The van der Waals surface area contributed by atoms with Gasteiger partial charge in [-0.15, -0.1) is 11.3 Å². The Kier molecular flexibility index (Phi) is 5.05. The summed E-state index contributed by atoms with van der Waals surface area (Å²) in [6.07, 6.45) is 1.08. The SMILES string of the molecule is CCCC(NC(=O)c1csc(-c2ccccc2)n1)C(=O)O. The predicted molar refractivity (Wildman–Crippen MR) is 81.3 cm³/mol. The minimum Gasteiger partial charge on any atom is -0.480 e. The van der Waals surface area contributed by atoms with Crippen LogP contribution in [0.5, 0.6) is 0 Å². The number of aromatic nitrogens is 1. The van der Waals surface area contributed by atoms with E-state index in [0.717, 1.165) is 10.6 Å². The molecule has 0 bridgehead atoms. The van der Waals surface area contributed by atoms with Crippen molar-refractivity contribution in [1.29, 1.82) is 0 Å². The Morgan fingerprint density at radius 1 is 1.33 bits per heavy atom. The number of carboxylic acid groups (broad SMARTS) is 1. The quantitative estimate of drug-likeness (QED) is 0.860. The lowest BCUT2D eigenvalue weighted by atomic mass is 10.1. The van der Waals surface area contributed by atoms with Gasteiger partial charge in [0.05, 0.1) is 0 Å². The number of benzene rings is 1. The highest BCUT2D eigenvalue weighted by Crippen LogP contribution is 2.23. The Balaban J connectivity index is 2.10. The Morgan fingerprint density at radius 2 is 2.05 bits per heavy atom. The van der Waals surface area contributed by atoms with Gasteiger partial charge >= 0.3 is 5.97 Å². The van der Waals surface area contributed by atoms with Gasteiger partial charge in [-0.1, -0.05) is 43.7 Å². The van der Waals surface area contributed by atoms with Gasteiger partial charge in [-0.05, 0) is 6.42 Å². The van der Waals surface area contributed by atoms with Crippen LogP contribution in [0.15, 0.2) is 35.7 Å². The molecule has 1 aromatic heterocycles. The highest BCUT2D eigenvalue weighted by molar-refractivity contribution is 7.13. The topological polar surface area (TPSA) is 79.3 Å². The number of rotatable bonds is 6. The Hall–Kier alpha value is -2.21. The summed E-state index contributed by atoms with van der Waals surface area (Å²) in [6, 6.07) is 8.67. The van der Waals surface area contributed by atoms with E-state index >= 15 is 0 Å². The zero-order valence-electron chi connectivity index (χ0n) is 11.6. The standard InChI is InChI=1S/C15H16N2O3S/c1-2-6-11(15(19)20)16-13(18)12-9-21-14(17-12)10-7-4-3-5-8-10/h3-5,7-9,11H,2,6H2,1H3,(H,16,18)(H,19,20). The van der Waals surface area contributed by atoms with Crippen molar-refractivity contribution in [3.05, 3.63) is 41.4 Å². The van der Waals surface area contributed by atoms with Gasteiger partial charge in [-0.25, -0.2) is 9.78 Å². The fraction of sp³-hybridized carbons (Fsp3) is 0.267. The molecule has 1 atom stereocenters. The zero-order chi connectivity index (χ0) is 15.2. The first-order valence-corrected chi connectivity index (χ1v) is 7.54. The summed E-state index contributed by atoms with van der Waals surface area (Å²) in [4.78, 5) is 27.4. The number of carbonyl (C=O) groups excluding carboxylic acids is 1. The van der Waals surface area contributed by atoms with Crippen molar-refractivity contribution in [3.63, 3.8) is 0 Å². The van der Waals surface area contributed by atoms with Crippen LogP contribution in [-0.2, 0) is 4.79 Å². The van der Waals surface area contributed by atoms with E-state index in [9.17, 15) is 9.59 Å². The molecule has 2 N–H and O–H groups in total. The summed E-state index contributed by atoms with van der Waals surface area (Å²) >= 11 is 1.36. The summed E-state index contributed by atoms with van der Waals surface area (Å²) < 4.78 is 0. The van der Waals surface area contributed by atoms with Crippen LogP contribution in [0.25, 0.3) is 10.6 Å². The summed E-state index contributed by atoms with van der Waals surface area (Å²) in [7, 11) is 0. The minimum absolute atomic E-state index is 0.251. The molecule has 0 saturated heterocycles. The molecule has 2 rings (SSSR count). The Labute approximate surface area is 126 Å². The highest BCUT2D eigenvalue weighted by Gasteiger charge is 2.21. The van der Waals surface area contributed by atoms with Crippen LogP contribution in [0, 0.1) is 0 Å². The molecule has 5 nitrogen and oxygen atoms in total. The maximum atomic E-state index is 12.0. The van der Waals surface area contributed by atoms with Gasteiger partial charge in [0.25, 0.3) is 5.91 Å². The third-order valence-electron chi connectivity index (χ3n) is 2.94. The number of amides is 1. The second kappa shape index (κ2) is 6.99. The van der Waals surface area contributed by atoms with E-state index in [1.807, 2.05) is 37.3 Å². The lowest BCUT2D eigenvalue weighted by molar-refractivity contribution is -0.139. The van der Waals surface area contributed by atoms with Gasteiger partial charge in [0.1, 0.15) is 16.7 Å². The van der Waals surface area contributed by atoms with Crippen molar-refractivity contribution in [2.45, 2.75) is 25.8 Å². The van der Waals surface area contributed by atoms with Crippen molar-refractivity contribution >= 4 is 23.2 Å². The number of carboxylic acids is 1. The molecule has 0 fully saturated rings. The lowest BCUT2D eigenvalue weighted by Crippen LogP contribution is -2.40. The molecule has 110 valence electrons. The second-order valence-corrected chi connectivity index (χ2v) is 5.41. The molecular formula is C15H16N2O3S. The van der Waals surface area contributed by atoms with E-state index in [1.165, 1.54) is 11.3 Å². The van der Waals surface area contributed by atoms with Crippen LogP contribution in [0.1, 0.15) is 30.3 Å². The number of carbonyl (C=O) groups is 2. The number of hydrogen-bond donors (Lipinski definition) is 2. The first kappa shape index (κ1) is 15.2. The summed E-state index contributed by atoms with van der Waals surface area (Å²) in [5, 5.41) is 13.9. The van der Waals surface area contributed by atoms with E-state index < -0.39 is 17.9 Å². The third-order valence-corrected chi connectivity index (χ3v) is 3.83. The van der Waals surface area contributed by atoms with Crippen molar-refractivity contribution < 1.29 is 14.7 Å². The normalized spacial score (nSPS) is 11.9. The van der Waals surface area contributed by atoms with E-state index in [1.54, 1.807) is 5.38 Å². The Bertz CT molecular complexity index is 625. The molecule has 2 aromatic rings. The molecule has 0 radical (unpaired) electrons. The molecule has 0 saturated carbocycles. The third kappa shape index (κ3) is 3.88. The fourth-order valence-electron chi connectivity index (χ4n) is 1.87. The number of aliphatic carboxylic acids is 1. The smallest absolute Gasteiger partial charge is 0.326 e. The predicted octanol–water partition coefficient (Wildman–Crippen LogP) is 2.79. The molecule has 0 aliphatic carbocycles. The van der Waals surface area contributed by atoms with Gasteiger partial charge in [-0.3, -0.25) is 4.79 Å². The largest absolute Gasteiger partial charge is 0.480 e. The van der Waals surface area contributed by atoms with Gasteiger partial charge in [0, 0.05) is 10.9 Å². The zero-order valence-corrected chi connectivity index (χ0v) is 12.4. The maximum Gasteiger partial charge on any atom is 0.326 e. The van der Waals surface area contributed by atoms with Crippen molar-refractivity contribution in [3.8, 4) is 10.6 Å². The summed E-state index contributed by atoms with van der Waals surface area (Å²) in [5.74, 6) is -1.47. The van der Waals surface area contributed by atoms with E-state index in [0.29, 0.717) is 12.8 Å². The van der Waals surface area contributed by atoms with Gasteiger partial charge in [-0.2, -0.15) is 0 Å². The van der Waals surface area contributed by atoms with Gasteiger partial charge < -0.3 is 10.4 Å². The van der Waals surface area contributed by atoms with Gasteiger partial charge in [0.15, 0.2) is 0 Å². The maximum absolute atomic E-state index is 12.0. The number of nitrogens with zero attached hydrogens (tertiary/aromatic N) is 1. The summed E-state index contributed by atoms with van der Waals surface area (Å²) in [6.45, 7) is 1.87. The number of nitrogens with one attached hydrogen (secondary N) is 1. The van der Waals surface area contributed by atoms with Crippen LogP contribution in [-0.4, -0.2) is 28.0 Å². The molecule has 0 aliphatic heterocycles. The van der Waals surface area contributed by atoms with Crippen molar-refractivity contribution in [2.75, 3.05) is 0 Å². The molecule has 21 heavy (non-hydrogen) atoms. The molecule has 0 aliphatic rings. The van der Waals surface area contributed by atoms with E-state index in [4.69, 9.17) is 5.11 Å². The molecule has 1 heterocycles. The first-order valence-electron chi connectivity index (χ1n) is 6.66. The fourth-order valence-corrected chi connectivity index (χ4v) is 2.68.